The lowest BCUT2D eigenvalue weighted by Gasteiger charge is -2.21. The molecule has 1 amide bonds. The largest absolute Gasteiger partial charge is 0.309 e. The maximum absolute atomic E-state index is 12.7. The Morgan fingerprint density at radius 2 is 1.86 bits per heavy atom. The van der Waals surface area contributed by atoms with E-state index in [1.807, 2.05) is 67.3 Å². The van der Waals surface area contributed by atoms with E-state index in [1.54, 1.807) is 11.8 Å². The monoisotopic (exact) mass is 299 g/mol. The number of hydrogen-bond acceptors (Lipinski definition) is 2. The first kappa shape index (κ1) is 15.6. The third-order valence-corrected chi connectivity index (χ3v) is 4.01. The topological polar surface area (TPSA) is 20.3 Å². The molecule has 0 atom stereocenters. The first-order valence-electron chi connectivity index (χ1n) is 7.12. The van der Waals surface area contributed by atoms with Crippen molar-refractivity contribution in [3.8, 4) is 0 Å². The fraction of sp³-hybridized carbons (Fsp3) is 0.278. The van der Waals surface area contributed by atoms with Gasteiger partial charge in [-0.2, -0.15) is 11.8 Å². The molecule has 0 saturated heterocycles. The first-order valence-corrected chi connectivity index (χ1v) is 8.51. The van der Waals surface area contributed by atoms with Gasteiger partial charge >= 0.3 is 0 Å². The fourth-order valence-electron chi connectivity index (χ4n) is 2.31. The van der Waals surface area contributed by atoms with Crippen LogP contribution < -0.4 is 4.90 Å². The summed E-state index contributed by atoms with van der Waals surface area (Å²) in [4.78, 5) is 14.5. The summed E-state index contributed by atoms with van der Waals surface area (Å²) in [5.41, 5.74) is 4.10. The fourth-order valence-corrected chi connectivity index (χ4v) is 2.83. The third-order valence-electron chi connectivity index (χ3n) is 3.39. The number of nitrogens with zero attached hydrogens (tertiary/aromatic N) is 1. The second-order valence-corrected chi connectivity index (χ2v) is 5.88. The van der Waals surface area contributed by atoms with Crippen molar-refractivity contribution in [1.82, 2.24) is 0 Å². The number of carbonyl (C=O) groups is 1. The van der Waals surface area contributed by atoms with Gasteiger partial charge in [-0.15, -0.1) is 0 Å². The zero-order valence-electron chi connectivity index (χ0n) is 12.8. The van der Waals surface area contributed by atoms with E-state index in [0.29, 0.717) is 6.54 Å². The van der Waals surface area contributed by atoms with Gasteiger partial charge in [0.2, 0.25) is 0 Å². The molecule has 0 aliphatic carbocycles. The number of thioether (sulfide) groups is 1. The molecule has 0 aliphatic heterocycles. The van der Waals surface area contributed by atoms with Crippen molar-refractivity contribution in [3.63, 3.8) is 0 Å². The Morgan fingerprint density at radius 1 is 1.14 bits per heavy atom. The van der Waals surface area contributed by atoms with Crippen molar-refractivity contribution in [1.29, 1.82) is 0 Å². The van der Waals surface area contributed by atoms with E-state index in [0.717, 1.165) is 22.6 Å². The van der Waals surface area contributed by atoms with Gasteiger partial charge in [-0.25, -0.2) is 0 Å². The SMILES string of the molecule is CCN(C(=O)c1ccc(CSC)cc1)c1cccc(C)c1. The second-order valence-electron chi connectivity index (χ2n) is 5.02. The Hall–Kier alpha value is -1.74. The molecular formula is C18H21NOS. The van der Waals surface area contributed by atoms with E-state index in [-0.39, 0.29) is 5.91 Å². The van der Waals surface area contributed by atoms with Crippen LogP contribution in [0.5, 0.6) is 0 Å². The van der Waals surface area contributed by atoms with Crippen LogP contribution in [0.1, 0.15) is 28.4 Å². The average Bonchev–Trinajstić information content (AvgIpc) is 2.49. The molecule has 2 rings (SSSR count). The Bertz CT molecular complexity index is 607. The van der Waals surface area contributed by atoms with E-state index in [9.17, 15) is 4.79 Å². The van der Waals surface area contributed by atoms with Crippen LogP contribution in [0, 0.1) is 6.92 Å². The van der Waals surface area contributed by atoms with Gasteiger partial charge in [-0.05, 0) is 55.5 Å². The Kier molecular flexibility index (Phi) is 5.45. The minimum absolute atomic E-state index is 0.0544. The number of hydrogen-bond donors (Lipinski definition) is 0. The van der Waals surface area contributed by atoms with E-state index < -0.39 is 0 Å². The van der Waals surface area contributed by atoms with Crippen LogP contribution in [-0.2, 0) is 5.75 Å². The van der Waals surface area contributed by atoms with Crippen LogP contribution in [0.15, 0.2) is 48.5 Å². The minimum atomic E-state index is 0.0544. The van der Waals surface area contributed by atoms with Crippen LogP contribution in [0.4, 0.5) is 5.69 Å². The zero-order chi connectivity index (χ0) is 15.2. The number of amides is 1. The molecule has 0 aromatic heterocycles. The maximum atomic E-state index is 12.7. The zero-order valence-corrected chi connectivity index (χ0v) is 13.6. The summed E-state index contributed by atoms with van der Waals surface area (Å²) in [6.45, 7) is 4.70. The summed E-state index contributed by atoms with van der Waals surface area (Å²) in [6, 6.07) is 16.0. The van der Waals surface area contributed by atoms with Crippen LogP contribution in [0.3, 0.4) is 0 Å². The third kappa shape index (κ3) is 3.88. The molecule has 2 aromatic carbocycles. The summed E-state index contributed by atoms with van der Waals surface area (Å²) in [7, 11) is 0. The van der Waals surface area contributed by atoms with Gasteiger partial charge in [-0.1, -0.05) is 24.3 Å². The van der Waals surface area contributed by atoms with Gasteiger partial charge in [0.05, 0.1) is 0 Å². The van der Waals surface area contributed by atoms with E-state index >= 15 is 0 Å². The van der Waals surface area contributed by atoms with Crippen LogP contribution >= 0.6 is 11.8 Å². The molecule has 0 N–H and O–H groups in total. The molecule has 2 aromatic rings. The average molecular weight is 299 g/mol. The summed E-state index contributed by atoms with van der Waals surface area (Å²) < 4.78 is 0. The molecule has 2 nitrogen and oxygen atoms in total. The molecule has 0 heterocycles. The van der Waals surface area contributed by atoms with Crippen LogP contribution in [-0.4, -0.2) is 18.7 Å². The highest BCUT2D eigenvalue weighted by atomic mass is 32.2. The molecule has 0 bridgehead atoms. The van der Waals surface area contributed by atoms with Crippen molar-refractivity contribution >= 4 is 23.4 Å². The highest BCUT2D eigenvalue weighted by Gasteiger charge is 2.15. The minimum Gasteiger partial charge on any atom is -0.309 e. The van der Waals surface area contributed by atoms with Crippen LogP contribution in [0.25, 0.3) is 0 Å². The highest BCUT2D eigenvalue weighted by Crippen LogP contribution is 2.19. The normalized spacial score (nSPS) is 10.4. The first-order chi connectivity index (χ1) is 10.2. The predicted molar refractivity (Wildman–Crippen MR) is 92.2 cm³/mol. The van der Waals surface area contributed by atoms with E-state index in [2.05, 4.69) is 6.26 Å². The lowest BCUT2D eigenvalue weighted by molar-refractivity contribution is 0.0988. The number of benzene rings is 2. The lowest BCUT2D eigenvalue weighted by Crippen LogP contribution is -2.30. The van der Waals surface area contributed by atoms with E-state index in [1.165, 1.54) is 5.56 Å². The number of anilines is 1. The molecule has 0 radical (unpaired) electrons. The molecule has 0 spiro atoms. The lowest BCUT2D eigenvalue weighted by atomic mass is 10.1. The van der Waals surface area contributed by atoms with Gasteiger partial charge in [0.25, 0.3) is 5.91 Å². The molecule has 0 unspecified atom stereocenters. The standard InChI is InChI=1S/C18H21NOS/c1-4-19(17-7-5-6-14(2)12-17)18(20)16-10-8-15(9-11-16)13-21-3/h5-12H,4,13H2,1-3H3. The van der Waals surface area contributed by atoms with Crippen molar-refractivity contribution in [2.45, 2.75) is 19.6 Å². The quantitative estimate of drug-likeness (QED) is 0.808. The predicted octanol–water partition coefficient (Wildman–Crippen LogP) is 4.52. The van der Waals surface area contributed by atoms with Gasteiger partial charge in [0, 0.05) is 23.5 Å². The molecule has 3 heteroatoms. The Labute approximate surface area is 131 Å². The molecule has 0 fully saturated rings. The summed E-state index contributed by atoms with van der Waals surface area (Å²) in [5.74, 6) is 1.03. The van der Waals surface area contributed by atoms with Crippen LogP contribution in [0.2, 0.25) is 0 Å². The molecule has 21 heavy (non-hydrogen) atoms. The molecule has 0 aliphatic rings. The Balaban J connectivity index is 2.23. The summed E-state index contributed by atoms with van der Waals surface area (Å²) in [5, 5.41) is 0. The summed E-state index contributed by atoms with van der Waals surface area (Å²) in [6.07, 6.45) is 2.08. The highest BCUT2D eigenvalue weighted by molar-refractivity contribution is 7.97. The van der Waals surface area contributed by atoms with Gasteiger partial charge in [-0.3, -0.25) is 4.79 Å². The van der Waals surface area contributed by atoms with Crippen molar-refractivity contribution < 1.29 is 4.79 Å². The maximum Gasteiger partial charge on any atom is 0.258 e. The number of aryl methyl sites for hydroxylation is 1. The van der Waals surface area contributed by atoms with Crippen molar-refractivity contribution in [3.05, 3.63) is 65.2 Å². The number of rotatable bonds is 5. The smallest absolute Gasteiger partial charge is 0.258 e. The van der Waals surface area contributed by atoms with Gasteiger partial charge < -0.3 is 4.90 Å². The van der Waals surface area contributed by atoms with E-state index in [4.69, 9.17) is 0 Å². The van der Waals surface area contributed by atoms with Gasteiger partial charge in [0.15, 0.2) is 0 Å². The molecular weight excluding hydrogens is 278 g/mol. The second kappa shape index (κ2) is 7.32. The molecule has 0 saturated carbocycles. The number of carbonyl (C=O) groups excluding carboxylic acids is 1. The molecule has 110 valence electrons. The summed E-state index contributed by atoms with van der Waals surface area (Å²) >= 11 is 1.78. The van der Waals surface area contributed by atoms with Crippen molar-refractivity contribution in [2.24, 2.45) is 0 Å². The van der Waals surface area contributed by atoms with Crippen molar-refractivity contribution in [2.75, 3.05) is 17.7 Å². The van der Waals surface area contributed by atoms with Gasteiger partial charge in [0.1, 0.15) is 0 Å². The Morgan fingerprint density at radius 3 is 2.43 bits per heavy atom.